The lowest BCUT2D eigenvalue weighted by Gasteiger charge is -2.34. The van der Waals surface area contributed by atoms with Gasteiger partial charge in [0.25, 0.3) is 5.91 Å². The standard InChI is InChI=1S/C17H28FN3O3/c1-13-15(24-14(19-13)12-23-17(2,3)4)16(22)21-10-8-20(9-11-21)7-5-6-18/h5-12H2,1-4H3. The molecule has 0 aliphatic carbocycles. The van der Waals surface area contributed by atoms with E-state index in [0.717, 1.165) is 19.6 Å². The van der Waals surface area contributed by atoms with Crippen LogP contribution >= 0.6 is 0 Å². The summed E-state index contributed by atoms with van der Waals surface area (Å²) in [6.45, 7) is 11.1. The average Bonchev–Trinajstić information content (AvgIpc) is 2.91. The Morgan fingerprint density at radius 2 is 1.96 bits per heavy atom. The predicted octanol–water partition coefficient (Wildman–Crippen LogP) is 2.42. The van der Waals surface area contributed by atoms with Gasteiger partial charge in [-0.05, 0) is 34.1 Å². The Morgan fingerprint density at radius 3 is 2.54 bits per heavy atom. The molecule has 2 heterocycles. The molecule has 1 saturated heterocycles. The Labute approximate surface area is 143 Å². The zero-order valence-corrected chi connectivity index (χ0v) is 15.1. The normalized spacial score (nSPS) is 16.6. The van der Waals surface area contributed by atoms with Crippen LogP contribution in [-0.4, -0.2) is 65.7 Å². The minimum Gasteiger partial charge on any atom is -0.433 e. The van der Waals surface area contributed by atoms with Crippen molar-refractivity contribution in [1.82, 2.24) is 14.8 Å². The highest BCUT2D eigenvalue weighted by molar-refractivity contribution is 5.92. The molecule has 1 aromatic rings. The molecule has 0 unspecified atom stereocenters. The minimum absolute atomic E-state index is 0.132. The van der Waals surface area contributed by atoms with Gasteiger partial charge in [-0.1, -0.05) is 0 Å². The topological polar surface area (TPSA) is 58.8 Å². The van der Waals surface area contributed by atoms with Crippen molar-refractivity contribution in [3.8, 4) is 0 Å². The second kappa shape index (κ2) is 8.07. The van der Waals surface area contributed by atoms with Crippen molar-refractivity contribution in [2.75, 3.05) is 39.4 Å². The van der Waals surface area contributed by atoms with Crippen LogP contribution in [0.3, 0.4) is 0 Å². The number of rotatable bonds is 6. The quantitative estimate of drug-likeness (QED) is 0.795. The van der Waals surface area contributed by atoms with Gasteiger partial charge < -0.3 is 14.1 Å². The number of hydrogen-bond acceptors (Lipinski definition) is 5. The second-order valence-electron chi connectivity index (χ2n) is 7.10. The van der Waals surface area contributed by atoms with E-state index < -0.39 is 0 Å². The first-order valence-electron chi connectivity index (χ1n) is 8.48. The van der Waals surface area contributed by atoms with Crippen molar-refractivity contribution in [3.05, 3.63) is 17.3 Å². The lowest BCUT2D eigenvalue weighted by atomic mass is 10.2. The molecular formula is C17H28FN3O3. The number of carbonyl (C=O) groups excluding carboxylic acids is 1. The molecule has 1 fully saturated rings. The Kier molecular flexibility index (Phi) is 6.34. The number of alkyl halides is 1. The molecule has 6 nitrogen and oxygen atoms in total. The van der Waals surface area contributed by atoms with E-state index >= 15 is 0 Å². The third-order valence-corrected chi connectivity index (χ3v) is 3.93. The molecule has 1 aliphatic heterocycles. The molecule has 136 valence electrons. The summed E-state index contributed by atoms with van der Waals surface area (Å²) < 4.78 is 23.5. The van der Waals surface area contributed by atoms with Crippen molar-refractivity contribution >= 4 is 5.91 Å². The van der Waals surface area contributed by atoms with Crippen LogP contribution in [0.15, 0.2) is 4.42 Å². The van der Waals surface area contributed by atoms with E-state index in [1.807, 2.05) is 20.8 Å². The average molecular weight is 341 g/mol. The van der Waals surface area contributed by atoms with E-state index in [4.69, 9.17) is 9.15 Å². The van der Waals surface area contributed by atoms with Crippen LogP contribution in [0.4, 0.5) is 4.39 Å². The zero-order chi connectivity index (χ0) is 17.7. The molecule has 0 spiro atoms. The maximum Gasteiger partial charge on any atom is 0.291 e. The van der Waals surface area contributed by atoms with Gasteiger partial charge in [0.2, 0.25) is 11.7 Å². The lowest BCUT2D eigenvalue weighted by molar-refractivity contribution is -0.0246. The van der Waals surface area contributed by atoms with Gasteiger partial charge in [-0.25, -0.2) is 4.98 Å². The van der Waals surface area contributed by atoms with Crippen LogP contribution in [0, 0.1) is 6.92 Å². The number of amides is 1. The largest absolute Gasteiger partial charge is 0.433 e. The number of carbonyl (C=O) groups is 1. The number of ether oxygens (including phenoxy) is 1. The number of nitrogens with zero attached hydrogens (tertiary/aromatic N) is 3. The maximum atomic E-state index is 12.6. The van der Waals surface area contributed by atoms with E-state index in [1.54, 1.807) is 11.8 Å². The number of piperazine rings is 1. The molecule has 0 atom stereocenters. The molecular weight excluding hydrogens is 313 g/mol. The number of halogens is 1. The predicted molar refractivity (Wildman–Crippen MR) is 88.7 cm³/mol. The summed E-state index contributed by atoms with van der Waals surface area (Å²) in [5, 5.41) is 0. The van der Waals surface area contributed by atoms with Gasteiger partial charge in [0.1, 0.15) is 6.61 Å². The van der Waals surface area contributed by atoms with Crippen molar-refractivity contribution < 1.29 is 18.3 Å². The van der Waals surface area contributed by atoms with E-state index in [1.165, 1.54) is 0 Å². The summed E-state index contributed by atoms with van der Waals surface area (Å²) in [7, 11) is 0. The Bertz CT molecular complexity index is 546. The lowest BCUT2D eigenvalue weighted by Crippen LogP contribution is -2.48. The molecule has 0 aromatic carbocycles. The van der Waals surface area contributed by atoms with Crippen LogP contribution in [0.25, 0.3) is 0 Å². The number of aryl methyl sites for hydroxylation is 1. The highest BCUT2D eigenvalue weighted by Gasteiger charge is 2.27. The first-order valence-corrected chi connectivity index (χ1v) is 8.48. The van der Waals surface area contributed by atoms with E-state index in [9.17, 15) is 9.18 Å². The van der Waals surface area contributed by atoms with Crippen molar-refractivity contribution in [2.24, 2.45) is 0 Å². The molecule has 1 amide bonds. The number of hydrogen-bond donors (Lipinski definition) is 0. The summed E-state index contributed by atoms with van der Waals surface area (Å²) in [4.78, 5) is 20.9. The van der Waals surface area contributed by atoms with Crippen LogP contribution in [-0.2, 0) is 11.3 Å². The maximum absolute atomic E-state index is 12.6. The van der Waals surface area contributed by atoms with Crippen LogP contribution in [0.1, 0.15) is 49.3 Å². The van der Waals surface area contributed by atoms with Gasteiger partial charge in [-0.3, -0.25) is 14.1 Å². The molecule has 0 radical (unpaired) electrons. The summed E-state index contributed by atoms with van der Waals surface area (Å²) in [5.74, 6) is 0.583. The molecule has 2 rings (SSSR count). The monoisotopic (exact) mass is 341 g/mol. The van der Waals surface area contributed by atoms with Gasteiger partial charge in [0, 0.05) is 32.7 Å². The van der Waals surface area contributed by atoms with Crippen molar-refractivity contribution in [1.29, 1.82) is 0 Å². The third kappa shape index (κ3) is 5.27. The minimum atomic E-state index is -0.296. The molecule has 0 saturated carbocycles. The fraction of sp³-hybridized carbons (Fsp3) is 0.765. The molecule has 7 heteroatoms. The summed E-state index contributed by atoms with van der Waals surface area (Å²) >= 11 is 0. The third-order valence-electron chi connectivity index (χ3n) is 3.93. The van der Waals surface area contributed by atoms with Gasteiger partial charge in [-0.2, -0.15) is 0 Å². The summed E-state index contributed by atoms with van der Waals surface area (Å²) in [6.07, 6.45) is 0.548. The van der Waals surface area contributed by atoms with Crippen molar-refractivity contribution in [3.63, 3.8) is 0 Å². The van der Waals surface area contributed by atoms with E-state index in [0.29, 0.717) is 36.9 Å². The second-order valence-corrected chi connectivity index (χ2v) is 7.10. The Hall–Kier alpha value is -1.47. The fourth-order valence-electron chi connectivity index (χ4n) is 2.59. The number of aromatic nitrogens is 1. The Morgan fingerprint density at radius 1 is 1.29 bits per heavy atom. The molecule has 1 aromatic heterocycles. The van der Waals surface area contributed by atoms with E-state index in [-0.39, 0.29) is 24.8 Å². The van der Waals surface area contributed by atoms with Gasteiger partial charge in [0.15, 0.2) is 0 Å². The van der Waals surface area contributed by atoms with Crippen LogP contribution < -0.4 is 0 Å². The molecule has 0 N–H and O–H groups in total. The van der Waals surface area contributed by atoms with Gasteiger partial charge >= 0.3 is 0 Å². The zero-order valence-electron chi connectivity index (χ0n) is 15.1. The smallest absolute Gasteiger partial charge is 0.291 e. The fourth-order valence-corrected chi connectivity index (χ4v) is 2.59. The first-order chi connectivity index (χ1) is 11.3. The summed E-state index contributed by atoms with van der Waals surface area (Å²) in [6, 6.07) is 0. The van der Waals surface area contributed by atoms with Gasteiger partial charge in [-0.15, -0.1) is 0 Å². The molecule has 0 bridgehead atoms. The SMILES string of the molecule is Cc1nc(COC(C)(C)C)oc1C(=O)N1CCN(CCCF)CC1. The number of oxazole rings is 1. The van der Waals surface area contributed by atoms with Crippen LogP contribution in [0.5, 0.6) is 0 Å². The highest BCUT2D eigenvalue weighted by atomic mass is 19.1. The Balaban J connectivity index is 1.92. The summed E-state index contributed by atoms with van der Waals surface area (Å²) in [5.41, 5.74) is 0.301. The van der Waals surface area contributed by atoms with E-state index in [2.05, 4.69) is 9.88 Å². The molecule has 24 heavy (non-hydrogen) atoms. The first kappa shape index (κ1) is 18.9. The highest BCUT2D eigenvalue weighted by Crippen LogP contribution is 2.17. The van der Waals surface area contributed by atoms with Crippen LogP contribution in [0.2, 0.25) is 0 Å². The van der Waals surface area contributed by atoms with Gasteiger partial charge in [0.05, 0.1) is 18.0 Å². The molecule has 1 aliphatic rings. The van der Waals surface area contributed by atoms with Crippen molar-refractivity contribution in [2.45, 2.75) is 46.3 Å².